The number of aryl methyl sites for hydroxylation is 1. The standard InChI is InChI=1S/C22H20N4O3/c1-3-15-20(14-7-4-5-8-19(14)28-2)22-24-23-21-16(26(22)25-15)11-13(12-17(21)27)18-9-6-10-29-18/h4-10,13H,3,11-12H2,1-2H3/t13-/m0/s1. The van der Waals surface area contributed by atoms with Gasteiger partial charge in [0.05, 0.1) is 30.3 Å². The number of para-hydroxylation sites is 1. The van der Waals surface area contributed by atoms with Crippen LogP contribution in [-0.2, 0) is 12.8 Å². The Labute approximate surface area is 167 Å². The molecule has 1 aliphatic rings. The summed E-state index contributed by atoms with van der Waals surface area (Å²) in [6.07, 6.45) is 3.35. The van der Waals surface area contributed by atoms with Gasteiger partial charge in [0, 0.05) is 24.3 Å². The number of rotatable bonds is 4. The van der Waals surface area contributed by atoms with Crippen molar-refractivity contribution in [1.29, 1.82) is 0 Å². The Kier molecular flexibility index (Phi) is 4.16. The molecule has 1 aromatic carbocycles. The minimum Gasteiger partial charge on any atom is -0.496 e. The van der Waals surface area contributed by atoms with Gasteiger partial charge in [-0.2, -0.15) is 5.10 Å². The van der Waals surface area contributed by atoms with Crippen LogP contribution in [0, 0.1) is 0 Å². The second kappa shape index (κ2) is 6.84. The number of Topliss-reactive ketones (excluding diaryl/α,β-unsaturated/α-hetero) is 1. The zero-order valence-corrected chi connectivity index (χ0v) is 16.3. The van der Waals surface area contributed by atoms with Gasteiger partial charge in [-0.15, -0.1) is 10.2 Å². The highest BCUT2D eigenvalue weighted by atomic mass is 16.5. The van der Waals surface area contributed by atoms with E-state index in [-0.39, 0.29) is 11.7 Å². The van der Waals surface area contributed by atoms with Crippen molar-refractivity contribution in [3.63, 3.8) is 0 Å². The first-order valence-electron chi connectivity index (χ1n) is 9.68. The van der Waals surface area contributed by atoms with E-state index in [2.05, 4.69) is 17.1 Å². The number of hydrogen-bond acceptors (Lipinski definition) is 6. The second-order valence-electron chi connectivity index (χ2n) is 7.15. The maximum absolute atomic E-state index is 12.8. The summed E-state index contributed by atoms with van der Waals surface area (Å²) in [5.74, 6) is 1.50. The molecule has 1 aliphatic carbocycles. The molecule has 3 heterocycles. The van der Waals surface area contributed by atoms with Crippen molar-refractivity contribution in [1.82, 2.24) is 19.8 Å². The molecule has 5 rings (SSSR count). The van der Waals surface area contributed by atoms with Gasteiger partial charge in [-0.3, -0.25) is 4.79 Å². The number of methoxy groups -OCH3 is 1. The van der Waals surface area contributed by atoms with Crippen LogP contribution in [0.5, 0.6) is 5.75 Å². The summed E-state index contributed by atoms with van der Waals surface area (Å²) in [7, 11) is 1.65. The number of ether oxygens (including phenoxy) is 1. The van der Waals surface area contributed by atoms with Crippen molar-refractivity contribution in [3.8, 4) is 16.9 Å². The molecule has 0 bridgehead atoms. The molecule has 3 aromatic heterocycles. The highest BCUT2D eigenvalue weighted by Crippen LogP contribution is 2.37. The van der Waals surface area contributed by atoms with E-state index in [0.717, 1.165) is 40.4 Å². The van der Waals surface area contributed by atoms with Gasteiger partial charge in [0.1, 0.15) is 11.5 Å². The Morgan fingerprint density at radius 2 is 2.03 bits per heavy atom. The lowest BCUT2D eigenvalue weighted by Gasteiger charge is -2.21. The van der Waals surface area contributed by atoms with Crippen LogP contribution in [0.3, 0.4) is 0 Å². The molecule has 7 nitrogen and oxygen atoms in total. The molecule has 1 atom stereocenters. The predicted octanol–water partition coefficient (Wildman–Crippen LogP) is 3.87. The number of furan rings is 1. The lowest BCUT2D eigenvalue weighted by Crippen LogP contribution is -2.24. The molecule has 0 spiro atoms. The van der Waals surface area contributed by atoms with Crippen molar-refractivity contribution in [3.05, 3.63) is 65.5 Å². The highest BCUT2D eigenvalue weighted by molar-refractivity contribution is 5.97. The summed E-state index contributed by atoms with van der Waals surface area (Å²) >= 11 is 0. The number of ketones is 1. The average molecular weight is 388 g/mol. The monoisotopic (exact) mass is 388 g/mol. The maximum Gasteiger partial charge on any atom is 0.185 e. The van der Waals surface area contributed by atoms with E-state index in [1.54, 1.807) is 17.9 Å². The minimum atomic E-state index is -0.0329. The molecular weight excluding hydrogens is 368 g/mol. The minimum absolute atomic E-state index is 0.0265. The third kappa shape index (κ3) is 2.73. The molecular formula is C22H20N4O3. The fourth-order valence-electron chi connectivity index (χ4n) is 4.11. The Morgan fingerprint density at radius 3 is 2.79 bits per heavy atom. The average Bonchev–Trinajstić information content (AvgIpc) is 3.41. The number of aromatic nitrogens is 4. The lowest BCUT2D eigenvalue weighted by molar-refractivity contribution is 0.0951. The molecule has 4 aromatic rings. The lowest BCUT2D eigenvalue weighted by atomic mass is 9.87. The molecule has 146 valence electrons. The van der Waals surface area contributed by atoms with E-state index in [0.29, 0.717) is 24.2 Å². The summed E-state index contributed by atoms with van der Waals surface area (Å²) in [5.41, 5.74) is 4.52. The Morgan fingerprint density at radius 1 is 1.17 bits per heavy atom. The van der Waals surface area contributed by atoms with Crippen LogP contribution in [0.1, 0.15) is 46.9 Å². The summed E-state index contributed by atoms with van der Waals surface area (Å²) in [6, 6.07) is 11.6. The van der Waals surface area contributed by atoms with Gasteiger partial charge in [-0.05, 0) is 24.6 Å². The molecule has 0 unspecified atom stereocenters. The summed E-state index contributed by atoms with van der Waals surface area (Å²) in [6.45, 7) is 2.05. The first-order valence-corrected chi connectivity index (χ1v) is 9.68. The number of nitrogens with zero attached hydrogens (tertiary/aromatic N) is 4. The van der Waals surface area contributed by atoms with Crippen LogP contribution in [0.4, 0.5) is 0 Å². The van der Waals surface area contributed by atoms with Crippen molar-refractivity contribution < 1.29 is 13.9 Å². The van der Waals surface area contributed by atoms with Gasteiger partial charge >= 0.3 is 0 Å². The van der Waals surface area contributed by atoms with Crippen molar-refractivity contribution in [2.24, 2.45) is 0 Å². The van der Waals surface area contributed by atoms with Gasteiger partial charge < -0.3 is 9.15 Å². The van der Waals surface area contributed by atoms with Gasteiger partial charge in [0.2, 0.25) is 0 Å². The van der Waals surface area contributed by atoms with Gasteiger partial charge in [0.25, 0.3) is 0 Å². The molecule has 0 aliphatic heterocycles. The van der Waals surface area contributed by atoms with Crippen LogP contribution < -0.4 is 4.74 Å². The molecule has 0 saturated heterocycles. The third-order valence-electron chi connectivity index (χ3n) is 5.50. The quantitative estimate of drug-likeness (QED) is 0.528. The molecule has 0 saturated carbocycles. The first-order chi connectivity index (χ1) is 14.2. The molecule has 7 heteroatoms. The van der Waals surface area contributed by atoms with Crippen molar-refractivity contribution >= 4 is 11.4 Å². The van der Waals surface area contributed by atoms with E-state index in [1.807, 2.05) is 36.4 Å². The van der Waals surface area contributed by atoms with E-state index in [9.17, 15) is 4.79 Å². The SMILES string of the molecule is CCc1nn2c3c(nnc2c1-c1ccccc1OC)C(=O)C[C@@H](c1ccco1)C3. The molecule has 0 radical (unpaired) electrons. The summed E-state index contributed by atoms with van der Waals surface area (Å²) in [5, 5.41) is 13.5. The van der Waals surface area contributed by atoms with Crippen molar-refractivity contribution in [2.45, 2.75) is 32.1 Å². The van der Waals surface area contributed by atoms with Gasteiger partial charge in [-0.25, -0.2) is 4.52 Å². The van der Waals surface area contributed by atoms with Gasteiger partial charge in [-0.1, -0.05) is 25.1 Å². The van der Waals surface area contributed by atoms with Crippen LogP contribution >= 0.6 is 0 Å². The fraction of sp³-hybridized carbons (Fsp3) is 0.273. The number of benzene rings is 1. The van der Waals surface area contributed by atoms with Crippen LogP contribution in [0.15, 0.2) is 47.1 Å². The van der Waals surface area contributed by atoms with Crippen LogP contribution in [-0.4, -0.2) is 32.7 Å². The zero-order chi connectivity index (χ0) is 20.0. The van der Waals surface area contributed by atoms with E-state index < -0.39 is 0 Å². The summed E-state index contributed by atoms with van der Waals surface area (Å²) in [4.78, 5) is 12.8. The molecule has 29 heavy (non-hydrogen) atoms. The normalized spacial score (nSPS) is 16.2. The van der Waals surface area contributed by atoms with E-state index in [4.69, 9.17) is 14.3 Å². The van der Waals surface area contributed by atoms with E-state index in [1.165, 1.54) is 0 Å². The van der Waals surface area contributed by atoms with Crippen LogP contribution in [0.25, 0.3) is 16.8 Å². The summed E-state index contributed by atoms with van der Waals surface area (Å²) < 4.78 is 12.9. The molecule has 0 fully saturated rings. The Hall–Kier alpha value is -3.48. The topological polar surface area (TPSA) is 82.5 Å². The smallest absolute Gasteiger partial charge is 0.185 e. The molecule has 0 N–H and O–H groups in total. The Balaban J connectivity index is 1.73. The van der Waals surface area contributed by atoms with E-state index >= 15 is 0 Å². The Bertz CT molecular complexity index is 1210. The highest BCUT2D eigenvalue weighted by Gasteiger charge is 2.33. The second-order valence-corrected chi connectivity index (χ2v) is 7.15. The number of hydrogen-bond donors (Lipinski definition) is 0. The van der Waals surface area contributed by atoms with Crippen molar-refractivity contribution in [2.75, 3.05) is 7.11 Å². The third-order valence-corrected chi connectivity index (χ3v) is 5.50. The number of fused-ring (bicyclic) bond motifs is 3. The zero-order valence-electron chi connectivity index (χ0n) is 16.3. The number of carbonyl (C=O) groups is 1. The predicted molar refractivity (Wildman–Crippen MR) is 106 cm³/mol. The van der Waals surface area contributed by atoms with Gasteiger partial charge in [0.15, 0.2) is 17.1 Å². The number of carbonyl (C=O) groups excluding carboxylic acids is 1. The fourth-order valence-corrected chi connectivity index (χ4v) is 4.11. The largest absolute Gasteiger partial charge is 0.496 e. The maximum atomic E-state index is 12.8. The van der Waals surface area contributed by atoms with Crippen LogP contribution in [0.2, 0.25) is 0 Å². The first kappa shape index (κ1) is 17.6. The molecule has 0 amide bonds.